The highest BCUT2D eigenvalue weighted by atomic mass is 35.5. The summed E-state index contributed by atoms with van der Waals surface area (Å²) in [6.45, 7) is 4.15. The first-order chi connectivity index (χ1) is 9.06. The average Bonchev–Trinajstić information content (AvgIpc) is 2.76. The van der Waals surface area contributed by atoms with E-state index in [4.69, 9.17) is 23.2 Å². The van der Waals surface area contributed by atoms with Gasteiger partial charge in [-0.3, -0.25) is 0 Å². The number of pyridine rings is 1. The van der Waals surface area contributed by atoms with Gasteiger partial charge in [0.05, 0.1) is 10.5 Å². The molecule has 2 aromatic heterocycles. The van der Waals surface area contributed by atoms with Crippen LogP contribution in [-0.4, -0.2) is 15.0 Å². The number of halogens is 2. The van der Waals surface area contributed by atoms with Crippen molar-refractivity contribution in [3.05, 3.63) is 45.6 Å². The van der Waals surface area contributed by atoms with Gasteiger partial charge in [0.2, 0.25) is 0 Å². The number of aromatic nitrogens is 3. The van der Waals surface area contributed by atoms with E-state index in [2.05, 4.69) is 34.9 Å². The van der Waals surface area contributed by atoms with E-state index >= 15 is 0 Å². The fourth-order valence-corrected chi connectivity index (χ4v) is 2.32. The molecular formula is C14H11Cl2N3. The third kappa shape index (κ3) is 2.09. The highest BCUT2D eigenvalue weighted by molar-refractivity contribution is 6.41. The quantitative estimate of drug-likeness (QED) is 0.668. The highest BCUT2D eigenvalue weighted by Crippen LogP contribution is 2.28. The van der Waals surface area contributed by atoms with Crippen molar-refractivity contribution in [1.82, 2.24) is 15.0 Å². The Kier molecular flexibility index (Phi) is 2.96. The maximum absolute atomic E-state index is 5.96. The highest BCUT2D eigenvalue weighted by Gasteiger charge is 2.11. The van der Waals surface area contributed by atoms with Crippen molar-refractivity contribution in [3.8, 4) is 11.4 Å². The maximum atomic E-state index is 5.96. The molecule has 0 fully saturated rings. The van der Waals surface area contributed by atoms with E-state index < -0.39 is 0 Å². The molecule has 19 heavy (non-hydrogen) atoms. The number of rotatable bonds is 1. The van der Waals surface area contributed by atoms with Gasteiger partial charge in [-0.1, -0.05) is 41.4 Å². The van der Waals surface area contributed by atoms with E-state index in [1.165, 1.54) is 11.1 Å². The number of aromatic amines is 1. The topological polar surface area (TPSA) is 41.6 Å². The van der Waals surface area contributed by atoms with Crippen molar-refractivity contribution in [2.24, 2.45) is 0 Å². The summed E-state index contributed by atoms with van der Waals surface area (Å²) < 4.78 is 0. The molecule has 0 amide bonds. The molecule has 1 aromatic carbocycles. The molecule has 0 spiro atoms. The molecule has 0 aliphatic heterocycles. The van der Waals surface area contributed by atoms with Crippen molar-refractivity contribution < 1.29 is 0 Å². The fraction of sp³-hybridized carbons (Fsp3) is 0.143. The SMILES string of the molecule is Cc1cccc(-c2nc3nc(Cl)c(Cl)cc3[nH]2)c1C. The van der Waals surface area contributed by atoms with E-state index in [0.29, 0.717) is 10.7 Å². The Labute approximate surface area is 120 Å². The summed E-state index contributed by atoms with van der Waals surface area (Å²) in [5.41, 5.74) is 4.83. The van der Waals surface area contributed by atoms with Gasteiger partial charge >= 0.3 is 0 Å². The predicted molar refractivity (Wildman–Crippen MR) is 78.8 cm³/mol. The molecule has 2 heterocycles. The van der Waals surface area contributed by atoms with Crippen LogP contribution in [0.25, 0.3) is 22.6 Å². The summed E-state index contributed by atoms with van der Waals surface area (Å²) in [4.78, 5) is 11.9. The molecular weight excluding hydrogens is 281 g/mol. The van der Waals surface area contributed by atoms with Crippen LogP contribution < -0.4 is 0 Å². The zero-order valence-corrected chi connectivity index (χ0v) is 12.0. The van der Waals surface area contributed by atoms with Crippen LogP contribution in [0.4, 0.5) is 0 Å². The minimum Gasteiger partial charge on any atom is -0.337 e. The average molecular weight is 292 g/mol. The Balaban J connectivity index is 2.23. The normalized spacial score (nSPS) is 11.2. The summed E-state index contributed by atoms with van der Waals surface area (Å²) in [7, 11) is 0. The lowest BCUT2D eigenvalue weighted by Crippen LogP contribution is -1.88. The van der Waals surface area contributed by atoms with Gasteiger partial charge in [-0.25, -0.2) is 9.97 Å². The lowest BCUT2D eigenvalue weighted by Gasteiger charge is -2.04. The molecule has 0 atom stereocenters. The Morgan fingerprint density at radius 2 is 1.89 bits per heavy atom. The van der Waals surface area contributed by atoms with E-state index in [1.54, 1.807) is 6.07 Å². The number of nitrogens with one attached hydrogen (secondary N) is 1. The summed E-state index contributed by atoms with van der Waals surface area (Å²) in [6, 6.07) is 7.86. The van der Waals surface area contributed by atoms with Crippen molar-refractivity contribution in [2.45, 2.75) is 13.8 Å². The molecule has 3 aromatic rings. The molecule has 96 valence electrons. The van der Waals surface area contributed by atoms with Crippen molar-refractivity contribution in [2.75, 3.05) is 0 Å². The molecule has 0 unspecified atom stereocenters. The first kappa shape index (κ1) is 12.5. The van der Waals surface area contributed by atoms with Gasteiger partial charge in [-0.2, -0.15) is 0 Å². The lowest BCUT2D eigenvalue weighted by atomic mass is 10.0. The summed E-state index contributed by atoms with van der Waals surface area (Å²) in [6.07, 6.45) is 0. The second kappa shape index (κ2) is 4.51. The molecule has 3 nitrogen and oxygen atoms in total. The van der Waals surface area contributed by atoms with E-state index in [1.807, 2.05) is 12.1 Å². The molecule has 0 saturated carbocycles. The van der Waals surface area contributed by atoms with Crippen LogP contribution in [0.1, 0.15) is 11.1 Å². The third-order valence-corrected chi connectivity index (χ3v) is 3.92. The summed E-state index contributed by atoms with van der Waals surface area (Å²) >= 11 is 11.9. The molecule has 5 heteroatoms. The minimum atomic E-state index is 0.271. The standard InChI is InChI=1S/C14H11Cl2N3/c1-7-4-3-5-9(8(7)2)13-17-11-6-10(15)12(16)18-14(11)19-13/h3-6H,1-2H3,(H,17,18,19). The van der Waals surface area contributed by atoms with Gasteiger partial charge in [0.15, 0.2) is 5.65 Å². The Morgan fingerprint density at radius 3 is 2.68 bits per heavy atom. The molecule has 0 saturated heterocycles. The number of nitrogens with zero attached hydrogens (tertiary/aromatic N) is 2. The Hall–Kier alpha value is -1.58. The zero-order valence-electron chi connectivity index (χ0n) is 10.5. The van der Waals surface area contributed by atoms with Crippen LogP contribution >= 0.6 is 23.2 Å². The van der Waals surface area contributed by atoms with Crippen LogP contribution in [0.15, 0.2) is 24.3 Å². The van der Waals surface area contributed by atoms with Gasteiger partial charge in [-0.05, 0) is 31.0 Å². The largest absolute Gasteiger partial charge is 0.337 e. The number of aryl methyl sites for hydroxylation is 1. The number of fused-ring (bicyclic) bond motifs is 1. The monoisotopic (exact) mass is 291 g/mol. The molecule has 3 rings (SSSR count). The second-order valence-electron chi connectivity index (χ2n) is 4.47. The van der Waals surface area contributed by atoms with Crippen molar-refractivity contribution >= 4 is 34.4 Å². The lowest BCUT2D eigenvalue weighted by molar-refractivity contribution is 1.26. The molecule has 0 radical (unpaired) electrons. The number of imidazole rings is 1. The predicted octanol–water partition coefficient (Wildman–Crippen LogP) is 4.55. The van der Waals surface area contributed by atoms with Crippen LogP contribution in [0.3, 0.4) is 0 Å². The van der Waals surface area contributed by atoms with Gasteiger partial charge in [0, 0.05) is 5.56 Å². The number of benzene rings is 1. The third-order valence-electron chi connectivity index (χ3n) is 3.24. The maximum Gasteiger partial charge on any atom is 0.179 e. The Bertz CT molecular complexity index is 739. The first-order valence-corrected chi connectivity index (χ1v) is 6.60. The Morgan fingerprint density at radius 1 is 1.11 bits per heavy atom. The molecule has 0 aliphatic rings. The molecule has 1 N–H and O–H groups in total. The van der Waals surface area contributed by atoms with Crippen LogP contribution in [0.5, 0.6) is 0 Å². The second-order valence-corrected chi connectivity index (χ2v) is 5.23. The first-order valence-electron chi connectivity index (χ1n) is 5.84. The van der Waals surface area contributed by atoms with Gasteiger partial charge in [0.25, 0.3) is 0 Å². The molecule has 0 bridgehead atoms. The van der Waals surface area contributed by atoms with E-state index in [9.17, 15) is 0 Å². The van der Waals surface area contributed by atoms with Gasteiger partial charge in [-0.15, -0.1) is 0 Å². The van der Waals surface area contributed by atoms with Crippen LogP contribution in [-0.2, 0) is 0 Å². The fourth-order valence-electron chi connectivity index (χ4n) is 2.03. The van der Waals surface area contributed by atoms with Crippen molar-refractivity contribution in [1.29, 1.82) is 0 Å². The smallest absolute Gasteiger partial charge is 0.179 e. The van der Waals surface area contributed by atoms with E-state index in [0.717, 1.165) is 16.9 Å². The van der Waals surface area contributed by atoms with Crippen molar-refractivity contribution in [3.63, 3.8) is 0 Å². The zero-order chi connectivity index (χ0) is 13.6. The van der Waals surface area contributed by atoms with Gasteiger partial charge < -0.3 is 4.98 Å². The number of H-pyrrole nitrogens is 1. The summed E-state index contributed by atoms with van der Waals surface area (Å²) in [5.74, 6) is 0.780. The van der Waals surface area contributed by atoms with Crippen LogP contribution in [0.2, 0.25) is 10.2 Å². The van der Waals surface area contributed by atoms with Crippen LogP contribution in [0, 0.1) is 13.8 Å². The number of hydrogen-bond acceptors (Lipinski definition) is 2. The summed E-state index contributed by atoms with van der Waals surface area (Å²) in [5, 5.41) is 0.693. The molecule has 0 aliphatic carbocycles. The minimum absolute atomic E-state index is 0.271. The number of hydrogen-bond donors (Lipinski definition) is 1. The van der Waals surface area contributed by atoms with E-state index in [-0.39, 0.29) is 5.15 Å². The van der Waals surface area contributed by atoms with Gasteiger partial charge in [0.1, 0.15) is 11.0 Å².